The summed E-state index contributed by atoms with van der Waals surface area (Å²) in [4.78, 5) is 20.6. The fraction of sp³-hybridized carbons (Fsp3) is 0.353. The lowest BCUT2D eigenvalue weighted by molar-refractivity contribution is 0.0955. The molecule has 0 atom stereocenters. The first-order valence-corrected chi connectivity index (χ1v) is 10.2. The lowest BCUT2D eigenvalue weighted by Gasteiger charge is -2.14. The van der Waals surface area contributed by atoms with Gasteiger partial charge in [-0.2, -0.15) is 16.8 Å². The number of aliphatic imine (C=N–C) groups is 1. The highest BCUT2D eigenvalue weighted by molar-refractivity contribution is 7.98. The smallest absolute Gasteiger partial charge is 0.251 e. The van der Waals surface area contributed by atoms with Crippen LogP contribution in [0.3, 0.4) is 0 Å². The van der Waals surface area contributed by atoms with Crippen molar-refractivity contribution in [3.63, 3.8) is 0 Å². The number of nitrogens with zero attached hydrogens (tertiary/aromatic N) is 2. The molecule has 9 nitrogen and oxygen atoms in total. The summed E-state index contributed by atoms with van der Waals surface area (Å²) < 4.78 is 15.8. The maximum atomic E-state index is 12.4. The van der Waals surface area contributed by atoms with Gasteiger partial charge in [0.15, 0.2) is 17.5 Å². The summed E-state index contributed by atoms with van der Waals surface area (Å²) >= 11 is 3.02. The van der Waals surface area contributed by atoms with Crippen LogP contribution in [0.1, 0.15) is 16.1 Å². The van der Waals surface area contributed by atoms with Crippen LogP contribution < -0.4 is 31.0 Å². The number of nitrogens with one attached hydrogen (secondary N) is 1. The zero-order valence-corrected chi connectivity index (χ0v) is 17.5. The molecule has 28 heavy (non-hydrogen) atoms. The molecule has 1 amide bonds. The predicted molar refractivity (Wildman–Crippen MR) is 112 cm³/mol. The number of carbonyl (C=O) groups excluding carboxylic acids is 1. The van der Waals surface area contributed by atoms with Crippen LogP contribution in [0.4, 0.5) is 5.13 Å². The first-order chi connectivity index (χ1) is 13.5. The summed E-state index contributed by atoms with van der Waals surface area (Å²) in [6, 6.07) is 3.23. The number of guanidine groups is 1. The van der Waals surface area contributed by atoms with Gasteiger partial charge in [-0.1, -0.05) is 0 Å². The Bertz CT molecular complexity index is 812. The molecule has 0 unspecified atom stereocenters. The fourth-order valence-corrected chi connectivity index (χ4v) is 3.81. The number of thioether (sulfide) groups is 1. The second kappa shape index (κ2) is 10.6. The van der Waals surface area contributed by atoms with E-state index in [-0.39, 0.29) is 11.9 Å². The molecule has 0 saturated heterocycles. The minimum atomic E-state index is -0.219. The number of aromatic nitrogens is 1. The van der Waals surface area contributed by atoms with Crippen molar-refractivity contribution in [2.24, 2.45) is 16.5 Å². The van der Waals surface area contributed by atoms with Crippen molar-refractivity contribution in [2.45, 2.75) is 5.75 Å². The Morgan fingerprint density at radius 2 is 1.89 bits per heavy atom. The average Bonchev–Trinajstić information content (AvgIpc) is 3.12. The third-order valence-electron chi connectivity index (χ3n) is 3.47. The third kappa shape index (κ3) is 5.92. The molecule has 1 heterocycles. The van der Waals surface area contributed by atoms with E-state index in [4.69, 9.17) is 25.7 Å². The van der Waals surface area contributed by atoms with E-state index in [1.165, 1.54) is 32.7 Å². The fourth-order valence-electron chi connectivity index (χ4n) is 2.25. The van der Waals surface area contributed by atoms with Crippen LogP contribution in [0.25, 0.3) is 0 Å². The molecule has 0 radical (unpaired) electrons. The highest BCUT2D eigenvalue weighted by Crippen LogP contribution is 2.38. The van der Waals surface area contributed by atoms with Crippen molar-refractivity contribution >= 4 is 40.1 Å². The zero-order valence-electron chi connectivity index (χ0n) is 15.9. The van der Waals surface area contributed by atoms with E-state index in [1.807, 2.05) is 5.38 Å². The standard InChI is InChI=1S/C17H23N5O4S2/c1-24-12-6-10(7-13(25-2)14(12)26-3)15(23)20-4-5-27-8-11-9-28-17(21-11)22-16(18)19/h6-7,9H,4-5,8H2,1-3H3,(H,20,23)(H4,18,19,21,22). The Labute approximate surface area is 171 Å². The molecule has 0 aliphatic carbocycles. The number of hydrogen-bond donors (Lipinski definition) is 3. The normalized spacial score (nSPS) is 10.2. The van der Waals surface area contributed by atoms with Crippen LogP contribution in [-0.4, -0.2) is 50.5 Å². The van der Waals surface area contributed by atoms with Gasteiger partial charge >= 0.3 is 0 Å². The molecule has 1 aromatic carbocycles. The van der Waals surface area contributed by atoms with E-state index in [1.54, 1.807) is 23.9 Å². The molecule has 11 heteroatoms. The minimum Gasteiger partial charge on any atom is -0.493 e. The second-order valence-electron chi connectivity index (χ2n) is 5.38. The Hall–Kier alpha value is -2.66. The predicted octanol–water partition coefficient (Wildman–Crippen LogP) is 1.74. The lowest BCUT2D eigenvalue weighted by Crippen LogP contribution is -2.25. The summed E-state index contributed by atoms with van der Waals surface area (Å²) in [6.07, 6.45) is 0. The molecule has 0 aliphatic heterocycles. The monoisotopic (exact) mass is 425 g/mol. The van der Waals surface area contributed by atoms with E-state index in [0.717, 1.165) is 11.4 Å². The van der Waals surface area contributed by atoms with Crippen molar-refractivity contribution in [3.8, 4) is 17.2 Å². The summed E-state index contributed by atoms with van der Waals surface area (Å²) in [5.41, 5.74) is 12.0. The molecule has 1 aromatic heterocycles. The quantitative estimate of drug-likeness (QED) is 0.298. The molecule has 2 rings (SSSR count). The molecule has 0 bridgehead atoms. The first kappa shape index (κ1) is 21.6. The van der Waals surface area contributed by atoms with Gasteiger partial charge in [-0.3, -0.25) is 4.79 Å². The van der Waals surface area contributed by atoms with E-state index >= 15 is 0 Å². The SMILES string of the molecule is COc1cc(C(=O)NCCSCc2csc(N=C(N)N)n2)cc(OC)c1OC. The average molecular weight is 426 g/mol. The first-order valence-electron chi connectivity index (χ1n) is 8.18. The van der Waals surface area contributed by atoms with Crippen LogP contribution >= 0.6 is 23.1 Å². The van der Waals surface area contributed by atoms with Crippen LogP contribution in [0, 0.1) is 0 Å². The van der Waals surface area contributed by atoms with E-state index in [9.17, 15) is 4.79 Å². The highest BCUT2D eigenvalue weighted by Gasteiger charge is 2.16. The van der Waals surface area contributed by atoms with E-state index in [0.29, 0.717) is 40.2 Å². The number of nitrogens with two attached hydrogens (primary N) is 2. The Balaban J connectivity index is 1.84. The Morgan fingerprint density at radius 3 is 2.46 bits per heavy atom. The maximum absolute atomic E-state index is 12.4. The number of rotatable bonds is 10. The van der Waals surface area contributed by atoms with Crippen molar-refractivity contribution in [2.75, 3.05) is 33.6 Å². The molecule has 0 spiro atoms. The molecule has 152 valence electrons. The topological polar surface area (TPSA) is 134 Å². The van der Waals surface area contributed by atoms with Crippen molar-refractivity contribution in [3.05, 3.63) is 28.8 Å². The van der Waals surface area contributed by atoms with Crippen molar-refractivity contribution in [1.82, 2.24) is 10.3 Å². The van der Waals surface area contributed by atoms with Crippen LogP contribution in [-0.2, 0) is 5.75 Å². The van der Waals surface area contributed by atoms with Crippen molar-refractivity contribution in [1.29, 1.82) is 0 Å². The number of methoxy groups -OCH3 is 3. The van der Waals surface area contributed by atoms with Gasteiger partial charge in [-0.15, -0.1) is 11.3 Å². The van der Waals surface area contributed by atoms with Gasteiger partial charge in [0, 0.05) is 29.0 Å². The maximum Gasteiger partial charge on any atom is 0.251 e. The van der Waals surface area contributed by atoms with Crippen LogP contribution in [0.15, 0.2) is 22.5 Å². The van der Waals surface area contributed by atoms with Crippen LogP contribution in [0.5, 0.6) is 17.2 Å². The van der Waals surface area contributed by atoms with Gasteiger partial charge < -0.3 is 31.0 Å². The lowest BCUT2D eigenvalue weighted by atomic mass is 10.1. The van der Waals surface area contributed by atoms with E-state index < -0.39 is 0 Å². The van der Waals surface area contributed by atoms with Gasteiger partial charge in [0.1, 0.15) is 0 Å². The molecule has 2 aromatic rings. The molecular weight excluding hydrogens is 402 g/mol. The van der Waals surface area contributed by atoms with Gasteiger partial charge in [0.25, 0.3) is 5.91 Å². The van der Waals surface area contributed by atoms with Gasteiger partial charge in [-0.05, 0) is 12.1 Å². The van der Waals surface area contributed by atoms with Crippen LogP contribution in [0.2, 0.25) is 0 Å². The third-order valence-corrected chi connectivity index (χ3v) is 5.25. The van der Waals surface area contributed by atoms with E-state index in [2.05, 4.69) is 15.3 Å². The summed E-state index contributed by atoms with van der Waals surface area (Å²) in [6.45, 7) is 0.505. The van der Waals surface area contributed by atoms with Gasteiger partial charge in [0.2, 0.25) is 10.9 Å². The number of thiazole rings is 1. The molecular formula is C17H23N5O4S2. The molecule has 0 fully saturated rings. The molecule has 0 saturated carbocycles. The second-order valence-corrected chi connectivity index (χ2v) is 7.32. The highest BCUT2D eigenvalue weighted by atomic mass is 32.2. The number of ether oxygens (including phenoxy) is 3. The van der Waals surface area contributed by atoms with Gasteiger partial charge in [0.05, 0.1) is 27.0 Å². The summed E-state index contributed by atoms with van der Waals surface area (Å²) in [5, 5.41) is 5.31. The number of carbonyl (C=O) groups is 1. The Kier molecular flexibility index (Phi) is 8.20. The Morgan fingerprint density at radius 1 is 1.21 bits per heavy atom. The zero-order chi connectivity index (χ0) is 20.5. The molecule has 5 N–H and O–H groups in total. The largest absolute Gasteiger partial charge is 0.493 e. The summed E-state index contributed by atoms with van der Waals surface area (Å²) in [7, 11) is 4.53. The molecule has 0 aliphatic rings. The number of amides is 1. The summed E-state index contributed by atoms with van der Waals surface area (Å²) in [5.74, 6) is 2.51. The minimum absolute atomic E-state index is 0.0111. The number of benzene rings is 1. The van der Waals surface area contributed by atoms with Gasteiger partial charge in [-0.25, -0.2) is 4.98 Å². The van der Waals surface area contributed by atoms with Crippen molar-refractivity contribution < 1.29 is 19.0 Å². The number of hydrogen-bond acceptors (Lipinski definition) is 8.